The van der Waals surface area contributed by atoms with E-state index in [1.807, 2.05) is 6.07 Å². The van der Waals surface area contributed by atoms with Crippen LogP contribution in [0.1, 0.15) is 41.2 Å². The van der Waals surface area contributed by atoms with Crippen molar-refractivity contribution < 1.29 is 9.63 Å². The van der Waals surface area contributed by atoms with E-state index in [1.54, 1.807) is 0 Å². The van der Waals surface area contributed by atoms with Crippen LogP contribution in [0.25, 0.3) is 0 Å². The molecule has 5 nitrogen and oxygen atoms in total. The third kappa shape index (κ3) is 1.77. The summed E-state index contributed by atoms with van der Waals surface area (Å²) in [5.74, 6) is 1.62. The molecule has 2 heterocycles. The molecular weight excluding hydrogens is 242 g/mol. The van der Waals surface area contributed by atoms with Crippen molar-refractivity contribution in [2.45, 2.75) is 30.9 Å². The minimum Gasteiger partial charge on any atom is -0.392 e. The van der Waals surface area contributed by atoms with Gasteiger partial charge in [0, 0.05) is 6.54 Å². The van der Waals surface area contributed by atoms with Crippen molar-refractivity contribution in [3.63, 3.8) is 0 Å². The third-order valence-corrected chi connectivity index (χ3v) is 4.03. The van der Waals surface area contributed by atoms with Gasteiger partial charge >= 0.3 is 0 Å². The number of β-amino-alcohol motifs (C(OH)–C–C–N with tert-alkyl or cyclic N) is 1. The number of aromatic nitrogens is 2. The number of nitrogens with one attached hydrogen (secondary N) is 1. The number of nitrogens with zero attached hydrogens (tertiary/aromatic N) is 2. The second kappa shape index (κ2) is 4.15. The Balaban J connectivity index is 1.57. The van der Waals surface area contributed by atoms with Gasteiger partial charge in [-0.2, -0.15) is 4.98 Å². The monoisotopic (exact) mass is 257 g/mol. The number of fused-ring (bicyclic) bond motifs is 1. The zero-order chi connectivity index (χ0) is 12.8. The lowest BCUT2D eigenvalue weighted by Crippen LogP contribution is -2.19. The van der Waals surface area contributed by atoms with Gasteiger partial charge in [-0.25, -0.2) is 0 Å². The first-order valence-corrected chi connectivity index (χ1v) is 6.64. The highest BCUT2D eigenvalue weighted by atomic mass is 16.5. The Hall–Kier alpha value is -1.72. The maximum absolute atomic E-state index is 9.51. The second-order valence-electron chi connectivity index (χ2n) is 5.30. The van der Waals surface area contributed by atoms with E-state index < -0.39 is 0 Å². The number of aliphatic hydroxyl groups is 1. The van der Waals surface area contributed by atoms with Crippen LogP contribution in [0.5, 0.6) is 0 Å². The summed E-state index contributed by atoms with van der Waals surface area (Å²) in [6.45, 7) is 0.592. The smallest absolute Gasteiger partial charge is 0.243 e. The van der Waals surface area contributed by atoms with Gasteiger partial charge in [-0.1, -0.05) is 29.4 Å². The molecule has 0 amide bonds. The minimum absolute atomic E-state index is 0.00781. The van der Waals surface area contributed by atoms with Gasteiger partial charge in [0.05, 0.1) is 18.1 Å². The van der Waals surface area contributed by atoms with Crippen molar-refractivity contribution in [2.24, 2.45) is 0 Å². The Morgan fingerprint density at radius 3 is 3.00 bits per heavy atom. The summed E-state index contributed by atoms with van der Waals surface area (Å²) in [5.41, 5.74) is 2.67. The van der Waals surface area contributed by atoms with Crippen molar-refractivity contribution in [3.8, 4) is 0 Å². The van der Waals surface area contributed by atoms with Crippen LogP contribution in [0, 0.1) is 0 Å². The summed E-state index contributed by atoms with van der Waals surface area (Å²) < 4.78 is 5.33. The van der Waals surface area contributed by atoms with Gasteiger partial charge in [0.25, 0.3) is 0 Å². The molecule has 0 saturated carbocycles. The van der Waals surface area contributed by atoms with Crippen LogP contribution in [0.15, 0.2) is 28.8 Å². The Morgan fingerprint density at radius 2 is 2.21 bits per heavy atom. The molecule has 1 aromatic heterocycles. The predicted molar refractivity (Wildman–Crippen MR) is 67.7 cm³/mol. The van der Waals surface area contributed by atoms with E-state index in [1.165, 1.54) is 11.1 Å². The van der Waals surface area contributed by atoms with Crippen LogP contribution in [0.4, 0.5) is 0 Å². The molecule has 1 unspecified atom stereocenters. The molecule has 1 fully saturated rings. The van der Waals surface area contributed by atoms with Crippen molar-refractivity contribution in [1.29, 1.82) is 0 Å². The molecule has 2 N–H and O–H groups in total. The summed E-state index contributed by atoms with van der Waals surface area (Å²) in [6, 6.07) is 8.35. The topological polar surface area (TPSA) is 71.2 Å². The van der Waals surface area contributed by atoms with Gasteiger partial charge in [-0.05, 0) is 24.0 Å². The average molecular weight is 257 g/mol. The molecule has 1 saturated heterocycles. The summed E-state index contributed by atoms with van der Waals surface area (Å²) in [4.78, 5) is 4.50. The molecule has 5 heteroatoms. The maximum Gasteiger partial charge on any atom is 0.243 e. The van der Waals surface area contributed by atoms with E-state index in [4.69, 9.17) is 4.52 Å². The lowest BCUT2D eigenvalue weighted by molar-refractivity contribution is 0.191. The summed E-state index contributed by atoms with van der Waals surface area (Å²) in [7, 11) is 0. The fourth-order valence-electron chi connectivity index (χ4n) is 2.92. The molecule has 0 radical (unpaired) electrons. The molecule has 3 atom stereocenters. The van der Waals surface area contributed by atoms with Crippen molar-refractivity contribution in [2.75, 3.05) is 6.54 Å². The molecule has 1 aromatic carbocycles. The largest absolute Gasteiger partial charge is 0.392 e. The Kier molecular flexibility index (Phi) is 2.43. The first-order valence-electron chi connectivity index (χ1n) is 6.64. The Morgan fingerprint density at radius 1 is 1.32 bits per heavy atom. The fourth-order valence-corrected chi connectivity index (χ4v) is 2.92. The van der Waals surface area contributed by atoms with E-state index in [-0.39, 0.29) is 18.1 Å². The van der Waals surface area contributed by atoms with Crippen LogP contribution in [0.2, 0.25) is 0 Å². The third-order valence-electron chi connectivity index (χ3n) is 4.03. The average Bonchev–Trinajstić information content (AvgIpc) is 3.00. The number of hydrogen-bond donors (Lipinski definition) is 2. The highest BCUT2D eigenvalue weighted by molar-refractivity contribution is 5.43. The minimum atomic E-state index is -0.315. The van der Waals surface area contributed by atoms with Gasteiger partial charge in [0.1, 0.15) is 0 Å². The predicted octanol–water partition coefficient (Wildman–Crippen LogP) is 1.15. The van der Waals surface area contributed by atoms with Gasteiger partial charge in [0.2, 0.25) is 5.89 Å². The molecule has 98 valence electrons. The number of rotatable bonds is 2. The fraction of sp³-hybridized carbons (Fsp3) is 0.429. The molecule has 0 spiro atoms. The van der Waals surface area contributed by atoms with E-state index in [9.17, 15) is 5.11 Å². The number of hydrogen-bond acceptors (Lipinski definition) is 5. The molecular formula is C14H15N3O2. The molecule has 19 heavy (non-hydrogen) atoms. The highest BCUT2D eigenvalue weighted by Crippen LogP contribution is 2.38. The van der Waals surface area contributed by atoms with Crippen LogP contribution in [-0.4, -0.2) is 27.9 Å². The van der Waals surface area contributed by atoms with Gasteiger partial charge in [0.15, 0.2) is 5.82 Å². The molecule has 2 aromatic rings. The van der Waals surface area contributed by atoms with E-state index in [2.05, 4.69) is 33.7 Å². The quantitative estimate of drug-likeness (QED) is 0.844. The zero-order valence-corrected chi connectivity index (χ0v) is 10.4. The molecule has 1 aliphatic heterocycles. The molecule has 4 rings (SSSR count). The van der Waals surface area contributed by atoms with Gasteiger partial charge < -0.3 is 14.9 Å². The number of aliphatic hydroxyl groups excluding tert-OH is 1. The van der Waals surface area contributed by atoms with Crippen LogP contribution < -0.4 is 5.32 Å². The number of benzene rings is 1. The molecule has 0 bridgehead atoms. The Labute approximate surface area is 110 Å². The maximum atomic E-state index is 9.51. The first-order chi connectivity index (χ1) is 9.31. The van der Waals surface area contributed by atoms with Crippen LogP contribution in [0.3, 0.4) is 0 Å². The van der Waals surface area contributed by atoms with E-state index in [0.29, 0.717) is 18.9 Å². The van der Waals surface area contributed by atoms with Crippen LogP contribution >= 0.6 is 0 Å². The first kappa shape index (κ1) is 11.1. The summed E-state index contributed by atoms with van der Waals surface area (Å²) in [5, 5.41) is 16.8. The van der Waals surface area contributed by atoms with E-state index in [0.717, 1.165) is 12.2 Å². The van der Waals surface area contributed by atoms with Crippen LogP contribution in [-0.2, 0) is 6.42 Å². The van der Waals surface area contributed by atoms with Gasteiger partial charge in [-0.15, -0.1) is 0 Å². The normalized spacial score (nSPS) is 29.0. The highest BCUT2D eigenvalue weighted by Gasteiger charge is 2.33. The van der Waals surface area contributed by atoms with Crippen molar-refractivity contribution >= 4 is 0 Å². The molecule has 1 aliphatic carbocycles. The van der Waals surface area contributed by atoms with Crippen molar-refractivity contribution in [1.82, 2.24) is 15.5 Å². The molecule has 2 aliphatic rings. The Bertz CT molecular complexity index is 610. The standard InChI is InChI=1S/C14H15N3O2/c18-9-6-12(15-7-9)14-16-13(17-19-14)11-5-8-3-1-2-4-10(8)11/h1-4,9,11-12,15,18H,5-7H2/t9-,11?,12+/m1/s1. The summed E-state index contributed by atoms with van der Waals surface area (Å²) in [6.07, 6.45) is 1.31. The zero-order valence-electron chi connectivity index (χ0n) is 10.4. The second-order valence-corrected chi connectivity index (χ2v) is 5.30. The summed E-state index contributed by atoms with van der Waals surface area (Å²) >= 11 is 0. The van der Waals surface area contributed by atoms with E-state index >= 15 is 0 Å². The SMILES string of the molecule is O[C@H]1CN[C@H](c2nc(C3Cc4ccccc43)no2)C1. The van der Waals surface area contributed by atoms with Gasteiger partial charge in [-0.3, -0.25) is 0 Å². The lowest BCUT2D eigenvalue weighted by Gasteiger charge is -2.27. The van der Waals surface area contributed by atoms with Crippen molar-refractivity contribution in [3.05, 3.63) is 47.1 Å². The lowest BCUT2D eigenvalue weighted by atomic mass is 9.77.